The van der Waals surface area contributed by atoms with E-state index in [2.05, 4.69) is 0 Å². The van der Waals surface area contributed by atoms with Crippen LogP contribution in [0.15, 0.2) is 45.6 Å². The van der Waals surface area contributed by atoms with Gasteiger partial charge in [-0.05, 0) is 25.1 Å². The summed E-state index contributed by atoms with van der Waals surface area (Å²) in [5.41, 5.74) is -0.106. The zero-order chi connectivity index (χ0) is 17.9. The lowest BCUT2D eigenvalue weighted by Gasteiger charge is -2.06. The lowest BCUT2D eigenvalue weighted by molar-refractivity contribution is 0.318. The van der Waals surface area contributed by atoms with Gasteiger partial charge in [0.1, 0.15) is 28.2 Å². The summed E-state index contributed by atoms with van der Waals surface area (Å²) in [6.07, 6.45) is 0. The monoisotopic (exact) mass is 332 g/mol. The van der Waals surface area contributed by atoms with Crippen LogP contribution >= 0.6 is 0 Å². The van der Waals surface area contributed by atoms with Crippen molar-refractivity contribution in [3.05, 3.63) is 46.6 Å². The molecule has 3 rings (SSSR count). The Morgan fingerprint density at radius 3 is 2.21 bits per heavy atom. The molecule has 0 spiro atoms. The maximum Gasteiger partial charge on any atom is 0.197 e. The van der Waals surface area contributed by atoms with E-state index in [4.69, 9.17) is 9.52 Å². The molecule has 0 saturated carbocycles. The highest BCUT2D eigenvalue weighted by Gasteiger charge is 2.13. The van der Waals surface area contributed by atoms with Crippen LogP contribution in [0.1, 0.15) is 6.92 Å². The normalized spacial score (nSPS) is 10.2. The van der Waals surface area contributed by atoms with Crippen LogP contribution in [0, 0.1) is 0 Å². The molecule has 0 aliphatic heterocycles. The van der Waals surface area contributed by atoms with Gasteiger partial charge in [-0.3, -0.25) is 4.79 Å². The number of aromatic hydroxyl groups is 4. The van der Waals surface area contributed by atoms with Crippen LogP contribution in [-0.2, 0) is 0 Å². The highest BCUT2D eigenvalue weighted by molar-refractivity contribution is 5.86. The Kier molecular flexibility index (Phi) is 4.96. The number of benzene rings is 2. The summed E-state index contributed by atoms with van der Waals surface area (Å²) in [7, 11) is 0. The van der Waals surface area contributed by atoms with Gasteiger partial charge in [-0.15, -0.1) is 0 Å². The van der Waals surface area contributed by atoms with Crippen LogP contribution in [0.25, 0.3) is 22.3 Å². The molecule has 0 amide bonds. The largest absolute Gasteiger partial charge is 0.508 e. The van der Waals surface area contributed by atoms with Crippen molar-refractivity contribution >= 4 is 11.0 Å². The summed E-state index contributed by atoms with van der Waals surface area (Å²) in [5.74, 6) is -1.13. The van der Waals surface area contributed by atoms with Crippen molar-refractivity contribution in [1.29, 1.82) is 0 Å². The van der Waals surface area contributed by atoms with Gasteiger partial charge in [-0.2, -0.15) is 0 Å². The number of hydrogen-bond donors (Lipinski definition) is 5. The van der Waals surface area contributed by atoms with E-state index in [1.807, 2.05) is 0 Å². The molecule has 7 heteroatoms. The van der Waals surface area contributed by atoms with Crippen molar-refractivity contribution in [1.82, 2.24) is 0 Å². The summed E-state index contributed by atoms with van der Waals surface area (Å²) in [6, 6.07) is 7.37. The van der Waals surface area contributed by atoms with Gasteiger partial charge in [0, 0.05) is 30.4 Å². The van der Waals surface area contributed by atoms with E-state index in [0.717, 1.165) is 12.1 Å². The fraction of sp³-hybridized carbons (Fsp3) is 0.118. The Hall–Kier alpha value is -3.19. The third-order valence-corrected chi connectivity index (χ3v) is 3.05. The molecular weight excluding hydrogens is 316 g/mol. The van der Waals surface area contributed by atoms with Crippen LogP contribution < -0.4 is 5.43 Å². The Labute approximate surface area is 136 Å². The van der Waals surface area contributed by atoms with E-state index in [9.17, 15) is 25.2 Å². The molecule has 0 saturated heterocycles. The summed E-state index contributed by atoms with van der Waals surface area (Å²) in [5, 5.41) is 45.4. The van der Waals surface area contributed by atoms with Crippen molar-refractivity contribution in [3.63, 3.8) is 0 Å². The number of fused-ring (bicyclic) bond motifs is 1. The second kappa shape index (κ2) is 6.93. The van der Waals surface area contributed by atoms with Gasteiger partial charge in [-0.1, -0.05) is 0 Å². The number of aliphatic hydroxyl groups excluding tert-OH is 1. The first-order valence-corrected chi connectivity index (χ1v) is 7.00. The molecule has 0 atom stereocenters. The molecule has 7 nitrogen and oxygen atoms in total. The SMILES string of the molecule is CCO.O=c1cc(-c2ccc(O)c(O)c2)oc2cc(O)cc(O)c12. The number of phenols is 4. The predicted octanol–water partition coefficient (Wildman–Crippen LogP) is 2.28. The molecule has 3 aromatic rings. The fourth-order valence-corrected chi connectivity index (χ4v) is 2.07. The van der Waals surface area contributed by atoms with E-state index in [-0.39, 0.29) is 46.3 Å². The van der Waals surface area contributed by atoms with E-state index in [1.165, 1.54) is 24.3 Å². The molecule has 0 aliphatic rings. The van der Waals surface area contributed by atoms with E-state index >= 15 is 0 Å². The molecule has 5 N–H and O–H groups in total. The van der Waals surface area contributed by atoms with Crippen molar-refractivity contribution < 1.29 is 29.9 Å². The molecule has 2 aromatic carbocycles. The van der Waals surface area contributed by atoms with E-state index in [0.29, 0.717) is 5.56 Å². The van der Waals surface area contributed by atoms with Crippen molar-refractivity contribution in [2.24, 2.45) is 0 Å². The number of rotatable bonds is 1. The highest BCUT2D eigenvalue weighted by Crippen LogP contribution is 2.33. The lowest BCUT2D eigenvalue weighted by atomic mass is 10.1. The molecule has 0 unspecified atom stereocenters. The zero-order valence-corrected chi connectivity index (χ0v) is 12.7. The fourth-order valence-electron chi connectivity index (χ4n) is 2.07. The van der Waals surface area contributed by atoms with Crippen molar-refractivity contribution in [2.45, 2.75) is 6.92 Å². The lowest BCUT2D eigenvalue weighted by Crippen LogP contribution is -2.00. The predicted molar refractivity (Wildman–Crippen MR) is 87.3 cm³/mol. The molecule has 0 bridgehead atoms. The first kappa shape index (κ1) is 17.2. The first-order chi connectivity index (χ1) is 11.4. The minimum absolute atomic E-state index is 0.0163. The topological polar surface area (TPSA) is 131 Å². The second-order valence-corrected chi connectivity index (χ2v) is 4.83. The Morgan fingerprint density at radius 2 is 1.58 bits per heavy atom. The summed E-state index contributed by atoms with van der Waals surface area (Å²) >= 11 is 0. The summed E-state index contributed by atoms with van der Waals surface area (Å²) in [6.45, 7) is 1.93. The van der Waals surface area contributed by atoms with Gasteiger partial charge < -0.3 is 29.9 Å². The quantitative estimate of drug-likeness (QED) is 0.432. The summed E-state index contributed by atoms with van der Waals surface area (Å²) in [4.78, 5) is 12.0. The number of phenolic OH excluding ortho intramolecular Hbond substituents is 4. The van der Waals surface area contributed by atoms with E-state index in [1.54, 1.807) is 6.92 Å². The standard InChI is InChI=1S/C15H10O6.C2H6O/c16-8-4-11(19)15-12(20)6-13(21-14(15)5-8)7-1-2-9(17)10(18)3-7;1-2-3/h1-6,16-19H;3H,2H2,1H3. The van der Waals surface area contributed by atoms with Gasteiger partial charge in [0.05, 0.1) is 0 Å². The molecule has 0 aliphatic carbocycles. The molecule has 24 heavy (non-hydrogen) atoms. The van der Waals surface area contributed by atoms with Crippen LogP contribution in [0.3, 0.4) is 0 Å². The second-order valence-electron chi connectivity index (χ2n) is 4.83. The Balaban J connectivity index is 0.000000647. The van der Waals surface area contributed by atoms with Gasteiger partial charge in [0.2, 0.25) is 0 Å². The minimum Gasteiger partial charge on any atom is -0.508 e. The van der Waals surface area contributed by atoms with Gasteiger partial charge in [0.25, 0.3) is 0 Å². The van der Waals surface area contributed by atoms with Gasteiger partial charge in [-0.25, -0.2) is 0 Å². The first-order valence-electron chi connectivity index (χ1n) is 7.00. The van der Waals surface area contributed by atoms with Crippen LogP contribution in [0.4, 0.5) is 0 Å². The maximum atomic E-state index is 12.0. The molecule has 126 valence electrons. The Bertz CT molecular complexity index is 928. The summed E-state index contributed by atoms with van der Waals surface area (Å²) < 4.78 is 5.47. The number of hydrogen-bond acceptors (Lipinski definition) is 7. The van der Waals surface area contributed by atoms with Crippen LogP contribution in [-0.4, -0.2) is 32.1 Å². The van der Waals surface area contributed by atoms with E-state index < -0.39 is 5.43 Å². The third-order valence-electron chi connectivity index (χ3n) is 3.05. The molecule has 1 aromatic heterocycles. The number of aliphatic hydroxyl groups is 1. The molecule has 1 heterocycles. The molecule has 0 radical (unpaired) electrons. The minimum atomic E-state index is -0.490. The van der Waals surface area contributed by atoms with Crippen molar-refractivity contribution in [2.75, 3.05) is 6.61 Å². The zero-order valence-electron chi connectivity index (χ0n) is 12.7. The molecular formula is C17H16O7. The Morgan fingerprint density at radius 1 is 0.917 bits per heavy atom. The highest BCUT2D eigenvalue weighted by atomic mass is 16.3. The third kappa shape index (κ3) is 3.41. The van der Waals surface area contributed by atoms with Gasteiger partial charge in [0.15, 0.2) is 16.9 Å². The molecule has 0 fully saturated rings. The average molecular weight is 332 g/mol. The average Bonchev–Trinajstić information content (AvgIpc) is 2.49. The van der Waals surface area contributed by atoms with Gasteiger partial charge >= 0.3 is 0 Å². The maximum absolute atomic E-state index is 12.0. The van der Waals surface area contributed by atoms with Crippen LogP contribution in [0.2, 0.25) is 0 Å². The van der Waals surface area contributed by atoms with Crippen molar-refractivity contribution in [3.8, 4) is 34.3 Å². The smallest absolute Gasteiger partial charge is 0.197 e. The van der Waals surface area contributed by atoms with Crippen LogP contribution in [0.5, 0.6) is 23.0 Å².